The molecule has 1 aromatic heterocycles. The Labute approximate surface area is 139 Å². The third-order valence-electron chi connectivity index (χ3n) is 4.00. The number of carbonyl (C=O) groups excluding carboxylic acids is 1. The Hall–Kier alpha value is -2.60. The molecule has 1 atom stereocenters. The van der Waals surface area contributed by atoms with Gasteiger partial charge in [0.15, 0.2) is 6.10 Å². The maximum Gasteiger partial charge on any atom is 0.334 e. The van der Waals surface area contributed by atoms with Crippen LogP contribution in [0, 0.1) is 0 Å². The molecule has 2 aromatic rings. The number of carboxylic acids is 1. The number of morpholine rings is 1. The highest BCUT2D eigenvalue weighted by Crippen LogP contribution is 2.22. The predicted octanol–water partition coefficient (Wildman–Crippen LogP) is 2.19. The van der Waals surface area contributed by atoms with Crippen LogP contribution in [0.2, 0.25) is 0 Å². The monoisotopic (exact) mass is 329 g/mol. The molecule has 3 rings (SSSR count). The highest BCUT2D eigenvalue weighted by atomic mass is 16.5. The van der Waals surface area contributed by atoms with E-state index < -0.39 is 12.1 Å². The van der Waals surface area contributed by atoms with Gasteiger partial charge in [-0.3, -0.25) is 4.79 Å². The van der Waals surface area contributed by atoms with E-state index in [2.05, 4.69) is 0 Å². The molecule has 24 heavy (non-hydrogen) atoms. The molecule has 0 spiro atoms. The number of aliphatic carboxylic acids is 1. The maximum absolute atomic E-state index is 12.3. The van der Waals surface area contributed by atoms with Gasteiger partial charge in [0.25, 0.3) is 0 Å². The lowest BCUT2D eigenvalue weighted by molar-refractivity contribution is -0.159. The minimum atomic E-state index is -1.04. The maximum atomic E-state index is 12.3. The van der Waals surface area contributed by atoms with Crippen molar-refractivity contribution in [2.24, 2.45) is 0 Å². The molecule has 1 aliphatic heterocycles. The van der Waals surface area contributed by atoms with Crippen molar-refractivity contribution in [1.29, 1.82) is 0 Å². The normalized spacial score (nSPS) is 17.7. The van der Waals surface area contributed by atoms with Crippen LogP contribution in [0.25, 0.3) is 11.3 Å². The highest BCUT2D eigenvalue weighted by molar-refractivity contribution is 5.78. The number of nitrogens with zero attached hydrogens (tertiary/aromatic N) is 1. The first-order valence-corrected chi connectivity index (χ1v) is 7.90. The Morgan fingerprint density at radius 1 is 1.17 bits per heavy atom. The van der Waals surface area contributed by atoms with Crippen LogP contribution in [0.1, 0.15) is 12.2 Å². The largest absolute Gasteiger partial charge is 0.479 e. The Kier molecular flexibility index (Phi) is 4.96. The van der Waals surface area contributed by atoms with Gasteiger partial charge in [0.05, 0.1) is 13.2 Å². The van der Waals surface area contributed by atoms with Gasteiger partial charge in [0.1, 0.15) is 11.5 Å². The van der Waals surface area contributed by atoms with Crippen LogP contribution in [0.15, 0.2) is 46.9 Å². The molecule has 1 saturated heterocycles. The fraction of sp³-hybridized carbons (Fsp3) is 0.333. The number of furan rings is 1. The van der Waals surface area contributed by atoms with Crippen LogP contribution >= 0.6 is 0 Å². The van der Waals surface area contributed by atoms with Crippen LogP contribution in [0.3, 0.4) is 0 Å². The van der Waals surface area contributed by atoms with Gasteiger partial charge in [0, 0.05) is 24.9 Å². The number of hydrogen-bond acceptors (Lipinski definition) is 4. The van der Waals surface area contributed by atoms with Gasteiger partial charge in [-0.2, -0.15) is 0 Å². The summed E-state index contributed by atoms with van der Waals surface area (Å²) in [6.07, 6.45) is -0.162. The third-order valence-corrected chi connectivity index (χ3v) is 4.00. The topological polar surface area (TPSA) is 80.0 Å². The van der Waals surface area contributed by atoms with Crippen LogP contribution in [0.5, 0.6) is 0 Å². The zero-order valence-corrected chi connectivity index (χ0v) is 13.2. The first-order valence-electron chi connectivity index (χ1n) is 7.90. The third kappa shape index (κ3) is 3.83. The molecule has 6 heteroatoms. The Morgan fingerprint density at radius 3 is 2.71 bits per heavy atom. The average molecular weight is 329 g/mol. The lowest BCUT2D eigenvalue weighted by Gasteiger charge is -2.30. The van der Waals surface area contributed by atoms with E-state index in [-0.39, 0.29) is 25.5 Å². The number of hydrogen-bond donors (Lipinski definition) is 1. The van der Waals surface area contributed by atoms with E-state index in [1.54, 1.807) is 4.90 Å². The number of aryl methyl sites for hydroxylation is 1. The molecule has 126 valence electrons. The van der Waals surface area contributed by atoms with Crippen molar-refractivity contribution in [2.75, 3.05) is 19.7 Å². The van der Waals surface area contributed by atoms with E-state index in [1.165, 1.54) is 0 Å². The van der Waals surface area contributed by atoms with Crippen molar-refractivity contribution in [1.82, 2.24) is 4.90 Å². The SMILES string of the molecule is O=C(O)[C@@H]1CN(C(=O)CCc2ccc(-c3ccccc3)o2)CCO1. The molecule has 1 aliphatic rings. The van der Waals surface area contributed by atoms with Gasteiger partial charge in [-0.05, 0) is 12.1 Å². The molecule has 1 fully saturated rings. The lowest BCUT2D eigenvalue weighted by Crippen LogP contribution is -2.48. The zero-order chi connectivity index (χ0) is 16.9. The van der Waals surface area contributed by atoms with E-state index in [4.69, 9.17) is 14.3 Å². The molecule has 1 amide bonds. The van der Waals surface area contributed by atoms with Crippen molar-refractivity contribution in [2.45, 2.75) is 18.9 Å². The first kappa shape index (κ1) is 16.3. The van der Waals surface area contributed by atoms with E-state index in [0.29, 0.717) is 13.0 Å². The second-order valence-electron chi connectivity index (χ2n) is 5.67. The molecule has 6 nitrogen and oxygen atoms in total. The quantitative estimate of drug-likeness (QED) is 0.909. The van der Waals surface area contributed by atoms with Crippen LogP contribution in [-0.2, 0) is 20.7 Å². The Bertz CT molecular complexity index is 709. The van der Waals surface area contributed by atoms with E-state index in [0.717, 1.165) is 17.1 Å². The predicted molar refractivity (Wildman–Crippen MR) is 86.4 cm³/mol. The number of rotatable bonds is 5. The van der Waals surface area contributed by atoms with Crippen LogP contribution < -0.4 is 0 Å². The van der Waals surface area contributed by atoms with Gasteiger partial charge in [0.2, 0.25) is 5.91 Å². The van der Waals surface area contributed by atoms with Crippen LogP contribution in [-0.4, -0.2) is 47.7 Å². The second-order valence-corrected chi connectivity index (χ2v) is 5.67. The van der Waals surface area contributed by atoms with Gasteiger partial charge < -0.3 is 19.2 Å². The molecule has 1 N–H and O–H groups in total. The van der Waals surface area contributed by atoms with Crippen molar-refractivity contribution in [3.63, 3.8) is 0 Å². The van der Waals surface area contributed by atoms with Crippen molar-refractivity contribution < 1.29 is 23.8 Å². The summed E-state index contributed by atoms with van der Waals surface area (Å²) >= 11 is 0. The number of ether oxygens (including phenoxy) is 1. The summed E-state index contributed by atoms with van der Waals surface area (Å²) < 4.78 is 10.9. The fourth-order valence-electron chi connectivity index (χ4n) is 2.68. The van der Waals surface area contributed by atoms with Gasteiger partial charge in [-0.15, -0.1) is 0 Å². The number of benzene rings is 1. The lowest BCUT2D eigenvalue weighted by atomic mass is 10.2. The molecule has 0 saturated carbocycles. The Balaban J connectivity index is 1.55. The summed E-state index contributed by atoms with van der Waals surface area (Å²) in [4.78, 5) is 24.8. The molecule has 0 radical (unpaired) electrons. The molecule has 0 unspecified atom stereocenters. The second kappa shape index (κ2) is 7.31. The smallest absolute Gasteiger partial charge is 0.334 e. The minimum Gasteiger partial charge on any atom is -0.479 e. The summed E-state index contributed by atoms with van der Waals surface area (Å²) in [7, 11) is 0. The molecular formula is C18H19NO5. The average Bonchev–Trinajstić information content (AvgIpc) is 3.09. The summed E-state index contributed by atoms with van der Waals surface area (Å²) in [5.41, 5.74) is 0.993. The van der Waals surface area contributed by atoms with Gasteiger partial charge in [-0.25, -0.2) is 4.79 Å². The van der Waals surface area contributed by atoms with Crippen molar-refractivity contribution in [3.8, 4) is 11.3 Å². The summed E-state index contributed by atoms with van der Waals surface area (Å²) in [6.45, 7) is 0.777. The van der Waals surface area contributed by atoms with Crippen LogP contribution in [0.4, 0.5) is 0 Å². The number of carbonyl (C=O) groups is 2. The molecule has 1 aromatic carbocycles. The zero-order valence-electron chi connectivity index (χ0n) is 13.2. The summed E-state index contributed by atoms with van der Waals surface area (Å²) in [5.74, 6) is 0.397. The fourth-order valence-corrected chi connectivity index (χ4v) is 2.68. The van der Waals surface area contributed by atoms with Gasteiger partial charge >= 0.3 is 5.97 Å². The standard InChI is InChI=1S/C18H19NO5/c20-17(19-10-11-23-16(12-19)18(21)22)9-7-14-6-8-15(24-14)13-4-2-1-3-5-13/h1-6,8,16H,7,9-12H2,(H,21,22)/t16-/m0/s1. The molecule has 2 heterocycles. The summed E-state index contributed by atoms with van der Waals surface area (Å²) in [5, 5.41) is 8.98. The first-order chi connectivity index (χ1) is 11.6. The van der Waals surface area contributed by atoms with E-state index in [9.17, 15) is 9.59 Å². The number of carboxylic acid groups (broad SMARTS) is 1. The van der Waals surface area contributed by atoms with Crippen molar-refractivity contribution in [3.05, 3.63) is 48.2 Å². The van der Waals surface area contributed by atoms with E-state index in [1.807, 2.05) is 42.5 Å². The summed E-state index contributed by atoms with van der Waals surface area (Å²) in [6, 6.07) is 13.5. The molecule has 0 bridgehead atoms. The van der Waals surface area contributed by atoms with E-state index >= 15 is 0 Å². The highest BCUT2D eigenvalue weighted by Gasteiger charge is 2.28. The minimum absolute atomic E-state index is 0.0813. The van der Waals surface area contributed by atoms with Crippen molar-refractivity contribution >= 4 is 11.9 Å². The Morgan fingerprint density at radius 2 is 1.96 bits per heavy atom. The van der Waals surface area contributed by atoms with Gasteiger partial charge in [-0.1, -0.05) is 30.3 Å². The molecular weight excluding hydrogens is 310 g/mol. The molecule has 0 aliphatic carbocycles. The number of amides is 1.